The van der Waals surface area contributed by atoms with E-state index in [1.165, 1.54) is 12.4 Å². The van der Waals surface area contributed by atoms with E-state index in [1.807, 2.05) is 0 Å². The van der Waals surface area contributed by atoms with Gasteiger partial charge in [-0.15, -0.1) is 0 Å². The average molecular weight is 500 g/mol. The van der Waals surface area contributed by atoms with E-state index < -0.39 is 23.7 Å². The Balaban J connectivity index is 1.33. The van der Waals surface area contributed by atoms with Crippen LogP contribution in [0.5, 0.6) is 0 Å². The molecule has 10 nitrogen and oxygen atoms in total. The summed E-state index contributed by atoms with van der Waals surface area (Å²) in [6, 6.07) is 4.22. The first-order chi connectivity index (χ1) is 17.2. The van der Waals surface area contributed by atoms with Crippen molar-refractivity contribution >= 4 is 22.8 Å². The molecule has 1 aliphatic rings. The zero-order chi connectivity index (χ0) is 25.4. The Kier molecular flexibility index (Phi) is 6.08. The fourth-order valence-electron chi connectivity index (χ4n) is 4.19. The number of halogens is 3. The number of hydrogen-bond donors (Lipinski definition) is 3. The van der Waals surface area contributed by atoms with Crippen LogP contribution in [0.15, 0.2) is 35.1 Å². The Labute approximate surface area is 203 Å². The minimum atomic E-state index is -4.46. The minimum Gasteiger partial charge on any atom is -0.383 e. The van der Waals surface area contributed by atoms with Gasteiger partial charge in [0.05, 0.1) is 22.6 Å². The number of rotatable bonds is 6. The van der Waals surface area contributed by atoms with E-state index >= 15 is 0 Å². The molecule has 5 rings (SSSR count). The van der Waals surface area contributed by atoms with E-state index in [1.54, 1.807) is 13.0 Å². The molecule has 0 spiro atoms. The number of carbonyl (C=O) groups is 1. The smallest absolute Gasteiger partial charge is 0.383 e. The van der Waals surface area contributed by atoms with E-state index in [4.69, 9.17) is 10.3 Å². The van der Waals surface area contributed by atoms with E-state index in [0.717, 1.165) is 38.1 Å². The van der Waals surface area contributed by atoms with Crippen LogP contribution < -0.4 is 11.1 Å². The molecule has 0 aliphatic carbocycles. The molecule has 36 heavy (non-hydrogen) atoms. The second kappa shape index (κ2) is 9.22. The Bertz CT molecular complexity index is 1410. The summed E-state index contributed by atoms with van der Waals surface area (Å²) in [5.74, 6) is 0.398. The average Bonchev–Trinajstić information content (AvgIpc) is 3.59. The normalized spacial score (nSPS) is 15.4. The van der Waals surface area contributed by atoms with Crippen molar-refractivity contribution in [3.63, 3.8) is 0 Å². The predicted molar refractivity (Wildman–Crippen MR) is 123 cm³/mol. The molecular weight excluding hydrogens is 477 g/mol. The summed E-state index contributed by atoms with van der Waals surface area (Å²) in [4.78, 5) is 30.5. The second-order valence-corrected chi connectivity index (χ2v) is 8.69. The third-order valence-corrected chi connectivity index (χ3v) is 6.13. The van der Waals surface area contributed by atoms with Crippen LogP contribution in [-0.4, -0.2) is 49.0 Å². The van der Waals surface area contributed by atoms with Crippen molar-refractivity contribution in [3.05, 3.63) is 53.2 Å². The first-order valence-electron chi connectivity index (χ1n) is 11.4. The Morgan fingerprint density at radius 3 is 2.78 bits per heavy atom. The first kappa shape index (κ1) is 23.7. The fourth-order valence-corrected chi connectivity index (χ4v) is 4.19. The van der Waals surface area contributed by atoms with Crippen LogP contribution in [0.1, 0.15) is 53.2 Å². The SMILES string of the molecule is CC(NC(=O)c1ncnc(N)c1CN1CCCC1)c1cc(-c2nc3ccc(C(F)(F)F)cc3[nH]2)no1. The molecule has 0 radical (unpaired) electrons. The first-order valence-corrected chi connectivity index (χ1v) is 11.4. The molecule has 1 aromatic carbocycles. The number of imidazole rings is 1. The summed E-state index contributed by atoms with van der Waals surface area (Å²) < 4.78 is 44.4. The van der Waals surface area contributed by atoms with Gasteiger partial charge >= 0.3 is 6.18 Å². The van der Waals surface area contributed by atoms with Crippen LogP contribution in [0.25, 0.3) is 22.6 Å². The maximum absolute atomic E-state index is 13.0. The number of likely N-dealkylation sites (tertiary alicyclic amines) is 1. The van der Waals surface area contributed by atoms with Crippen LogP contribution in [-0.2, 0) is 12.7 Å². The van der Waals surface area contributed by atoms with Gasteiger partial charge in [0.2, 0.25) is 0 Å². The van der Waals surface area contributed by atoms with Gasteiger partial charge < -0.3 is 20.6 Å². The standard InChI is InChI=1S/C23H23F3N8O2/c1-12(30-22(35)19-14(20(27)29-11-28-19)10-34-6-2-3-7-34)18-9-17(33-36-18)21-31-15-5-4-13(23(24,25)26)8-16(15)32-21/h4-5,8-9,11-12H,2-3,6-7,10H2,1H3,(H,30,35)(H,31,32)(H2,27,28,29). The highest BCUT2D eigenvalue weighted by molar-refractivity contribution is 5.94. The van der Waals surface area contributed by atoms with Crippen molar-refractivity contribution in [2.24, 2.45) is 0 Å². The number of nitrogen functional groups attached to an aromatic ring is 1. The van der Waals surface area contributed by atoms with Crippen LogP contribution in [0.4, 0.5) is 19.0 Å². The van der Waals surface area contributed by atoms with E-state index in [0.29, 0.717) is 23.4 Å². The summed E-state index contributed by atoms with van der Waals surface area (Å²) >= 11 is 0. The fraction of sp³-hybridized carbons (Fsp3) is 0.348. The number of carbonyl (C=O) groups excluding carboxylic acids is 1. The Hall–Kier alpha value is -4.00. The molecule has 1 aliphatic heterocycles. The van der Waals surface area contributed by atoms with Crippen LogP contribution in [0.2, 0.25) is 0 Å². The van der Waals surface area contributed by atoms with E-state index in [2.05, 4.69) is 35.3 Å². The summed E-state index contributed by atoms with van der Waals surface area (Å²) in [5, 5.41) is 6.79. The Morgan fingerprint density at radius 1 is 1.25 bits per heavy atom. The van der Waals surface area contributed by atoms with Gasteiger partial charge in [0.15, 0.2) is 11.6 Å². The Morgan fingerprint density at radius 2 is 2.03 bits per heavy atom. The van der Waals surface area contributed by atoms with Gasteiger partial charge in [-0.1, -0.05) is 5.16 Å². The summed E-state index contributed by atoms with van der Waals surface area (Å²) in [7, 11) is 0. The van der Waals surface area contributed by atoms with Crippen molar-refractivity contribution in [2.75, 3.05) is 18.8 Å². The van der Waals surface area contributed by atoms with E-state index in [9.17, 15) is 18.0 Å². The number of nitrogens with two attached hydrogens (primary N) is 1. The lowest BCUT2D eigenvalue weighted by Crippen LogP contribution is -2.30. The molecule has 188 valence electrons. The number of benzene rings is 1. The number of anilines is 1. The lowest BCUT2D eigenvalue weighted by Gasteiger charge is -2.18. The monoisotopic (exact) mass is 500 g/mol. The van der Waals surface area contributed by atoms with E-state index in [-0.39, 0.29) is 28.5 Å². The molecule has 0 bridgehead atoms. The third kappa shape index (κ3) is 4.73. The molecule has 4 N–H and O–H groups in total. The maximum Gasteiger partial charge on any atom is 0.416 e. The summed E-state index contributed by atoms with van der Waals surface area (Å²) in [6.07, 6.45) is -1.03. The highest BCUT2D eigenvalue weighted by Crippen LogP contribution is 2.32. The largest absolute Gasteiger partial charge is 0.416 e. The van der Waals surface area contributed by atoms with Crippen LogP contribution in [0.3, 0.4) is 0 Å². The molecule has 13 heteroatoms. The van der Waals surface area contributed by atoms with Crippen molar-refractivity contribution in [2.45, 2.75) is 38.5 Å². The molecule has 4 heterocycles. The van der Waals surface area contributed by atoms with Crippen LogP contribution >= 0.6 is 0 Å². The van der Waals surface area contributed by atoms with Gasteiger partial charge in [0, 0.05) is 18.2 Å². The highest BCUT2D eigenvalue weighted by atomic mass is 19.4. The van der Waals surface area contributed by atoms with Crippen molar-refractivity contribution in [1.29, 1.82) is 0 Å². The number of fused-ring (bicyclic) bond motifs is 1. The minimum absolute atomic E-state index is 0.193. The van der Waals surface area contributed by atoms with Crippen molar-refractivity contribution in [1.82, 2.24) is 35.3 Å². The number of hydrogen-bond acceptors (Lipinski definition) is 8. The zero-order valence-electron chi connectivity index (χ0n) is 19.3. The van der Waals surface area contributed by atoms with Crippen molar-refractivity contribution < 1.29 is 22.5 Å². The van der Waals surface area contributed by atoms with Gasteiger partial charge in [-0.05, 0) is 51.1 Å². The molecule has 3 aromatic heterocycles. The van der Waals surface area contributed by atoms with Gasteiger partial charge in [0.25, 0.3) is 5.91 Å². The molecular formula is C23H23F3N8O2. The lowest BCUT2D eigenvalue weighted by atomic mass is 10.1. The van der Waals surface area contributed by atoms with Gasteiger partial charge in [0.1, 0.15) is 23.5 Å². The molecule has 4 aromatic rings. The van der Waals surface area contributed by atoms with Gasteiger partial charge in [-0.3, -0.25) is 9.69 Å². The predicted octanol–water partition coefficient (Wildman–Crippen LogP) is 3.70. The zero-order valence-corrected chi connectivity index (χ0v) is 19.3. The molecule has 1 unspecified atom stereocenters. The molecule has 1 atom stereocenters. The number of nitrogens with zero attached hydrogens (tertiary/aromatic N) is 5. The summed E-state index contributed by atoms with van der Waals surface area (Å²) in [6.45, 7) is 4.04. The number of aromatic amines is 1. The quantitative estimate of drug-likeness (QED) is 0.364. The number of aromatic nitrogens is 5. The van der Waals surface area contributed by atoms with Crippen molar-refractivity contribution in [3.8, 4) is 11.5 Å². The number of alkyl halides is 3. The molecule has 1 amide bonds. The molecule has 1 saturated heterocycles. The second-order valence-electron chi connectivity index (χ2n) is 8.69. The maximum atomic E-state index is 13.0. The topological polar surface area (TPSA) is 139 Å². The summed E-state index contributed by atoms with van der Waals surface area (Å²) in [5.41, 5.74) is 6.90. The van der Waals surface area contributed by atoms with Gasteiger partial charge in [-0.2, -0.15) is 13.2 Å². The third-order valence-electron chi connectivity index (χ3n) is 6.13. The number of H-pyrrole nitrogens is 1. The highest BCUT2D eigenvalue weighted by Gasteiger charge is 2.31. The lowest BCUT2D eigenvalue weighted by molar-refractivity contribution is -0.137. The molecule has 1 fully saturated rings. The van der Waals surface area contributed by atoms with Crippen LogP contribution in [0, 0.1) is 0 Å². The van der Waals surface area contributed by atoms with Gasteiger partial charge in [-0.25, -0.2) is 15.0 Å². The number of amides is 1. The number of nitrogens with one attached hydrogen (secondary N) is 2. The molecule has 0 saturated carbocycles.